The molecule has 0 aromatic heterocycles. The fourth-order valence-electron chi connectivity index (χ4n) is 1.93. The quantitative estimate of drug-likeness (QED) is 0.716. The minimum Gasteiger partial charge on any atom is -0.314 e. The molecule has 0 saturated carbocycles. The molecule has 0 spiro atoms. The van der Waals surface area contributed by atoms with E-state index in [2.05, 4.69) is 51.0 Å². The molecule has 1 N–H and O–H groups in total. The van der Waals surface area contributed by atoms with Crippen LogP contribution in [0.2, 0.25) is 0 Å². The molecule has 0 radical (unpaired) electrons. The summed E-state index contributed by atoms with van der Waals surface area (Å²) in [5.41, 5.74) is 4.46. The number of nitrogens with one attached hydrogen (secondary N) is 1. The molecule has 1 nitrogen and oxygen atoms in total. The van der Waals surface area contributed by atoms with E-state index in [-0.39, 0.29) is 0 Å². The maximum atomic E-state index is 3.49. The molecule has 0 heterocycles. The second-order valence-electron chi connectivity index (χ2n) is 4.86. The third-order valence-electron chi connectivity index (χ3n) is 2.87. The highest BCUT2D eigenvalue weighted by Gasteiger charge is 2.01. The van der Waals surface area contributed by atoms with Gasteiger partial charge in [0.2, 0.25) is 0 Å². The predicted molar refractivity (Wildman–Crippen MR) is 88.2 cm³/mol. The average Bonchev–Trinajstić information content (AvgIpc) is 2.35. The monoisotopic (exact) mass is 283 g/mol. The summed E-state index contributed by atoms with van der Waals surface area (Å²) in [6, 6.07) is 7.70. The Kier molecular flexibility index (Phi) is 7.97. The zero-order valence-electron chi connectivity index (χ0n) is 12.0. The highest BCUT2D eigenvalue weighted by molar-refractivity contribution is 8.48. The van der Waals surface area contributed by atoms with E-state index in [1.807, 2.05) is 11.4 Å². The highest BCUT2D eigenvalue weighted by atomic mass is 32.7. The van der Waals surface area contributed by atoms with Crippen LogP contribution >= 0.6 is 19.2 Å². The van der Waals surface area contributed by atoms with Gasteiger partial charge in [0.1, 0.15) is 0 Å². The van der Waals surface area contributed by atoms with Gasteiger partial charge >= 0.3 is 0 Å². The zero-order valence-corrected chi connectivity index (χ0v) is 13.9. The summed E-state index contributed by atoms with van der Waals surface area (Å²) in [6.45, 7) is 9.97. The molecule has 0 saturated heterocycles. The van der Waals surface area contributed by atoms with Gasteiger partial charge in [0.05, 0.1) is 0 Å². The van der Waals surface area contributed by atoms with Crippen LogP contribution in [0.15, 0.2) is 18.2 Å². The number of aryl methyl sites for hydroxylation is 1. The molecule has 18 heavy (non-hydrogen) atoms. The third kappa shape index (κ3) is 6.22. The first-order valence-electron chi connectivity index (χ1n) is 6.79. The molecule has 0 aliphatic carbocycles. The van der Waals surface area contributed by atoms with Gasteiger partial charge in [-0.25, -0.2) is 0 Å². The summed E-state index contributed by atoms with van der Waals surface area (Å²) in [4.78, 5) is 0. The lowest BCUT2D eigenvalue weighted by atomic mass is 10.0. The first-order valence-corrected chi connectivity index (χ1v) is 10.00. The summed E-state index contributed by atoms with van der Waals surface area (Å²) < 4.78 is 0. The van der Waals surface area contributed by atoms with Gasteiger partial charge in [-0.1, -0.05) is 46.8 Å². The van der Waals surface area contributed by atoms with Gasteiger partial charge in [-0.15, -0.1) is 11.4 Å². The molecule has 0 amide bonds. The van der Waals surface area contributed by atoms with Gasteiger partial charge in [-0.3, -0.25) is 0 Å². The summed E-state index contributed by atoms with van der Waals surface area (Å²) in [5.74, 6) is 1.16. The van der Waals surface area contributed by atoms with Crippen LogP contribution in [0, 0.1) is 0 Å². The largest absolute Gasteiger partial charge is 0.314 e. The van der Waals surface area contributed by atoms with Crippen molar-refractivity contribution in [1.82, 2.24) is 5.32 Å². The minimum atomic E-state index is 0.579. The van der Waals surface area contributed by atoms with Gasteiger partial charge < -0.3 is 5.32 Å². The Balaban J connectivity index is 2.64. The molecule has 1 aromatic carbocycles. The Morgan fingerprint density at radius 3 is 2.44 bits per heavy atom. The Bertz CT molecular complexity index is 352. The molecular formula is C15H26NPS. The summed E-state index contributed by atoms with van der Waals surface area (Å²) in [6.07, 6.45) is 2.27. The van der Waals surface area contributed by atoms with Crippen LogP contribution in [0.4, 0.5) is 0 Å². The van der Waals surface area contributed by atoms with Crippen molar-refractivity contribution in [2.24, 2.45) is 0 Å². The number of hydrogen-bond acceptors (Lipinski definition) is 2. The van der Waals surface area contributed by atoms with E-state index in [9.17, 15) is 0 Å². The summed E-state index contributed by atoms with van der Waals surface area (Å²) in [5, 5.41) is 3.49. The predicted octanol–water partition coefficient (Wildman–Crippen LogP) is 4.25. The van der Waals surface area contributed by atoms with Crippen molar-refractivity contribution in [1.29, 1.82) is 0 Å². The van der Waals surface area contributed by atoms with E-state index in [1.54, 1.807) is 0 Å². The van der Waals surface area contributed by atoms with Gasteiger partial charge in [0, 0.05) is 11.8 Å². The van der Waals surface area contributed by atoms with E-state index in [1.165, 1.54) is 16.7 Å². The standard InChI is InChI=1S/C15H26NPS/c1-5-13-8-14(6-7-16-12(2)3)10-15(9-13)11-18-17-4/h8-10,12,16-17H,5-7,11H2,1-4H3. The Labute approximate surface area is 118 Å². The van der Waals surface area contributed by atoms with Crippen molar-refractivity contribution in [3.05, 3.63) is 34.9 Å². The number of benzene rings is 1. The fraction of sp³-hybridized carbons (Fsp3) is 0.600. The zero-order chi connectivity index (χ0) is 13.4. The van der Waals surface area contributed by atoms with Gasteiger partial charge in [-0.05, 0) is 42.7 Å². The minimum absolute atomic E-state index is 0.579. The third-order valence-corrected chi connectivity index (χ3v) is 4.94. The molecule has 1 atom stereocenters. The normalized spacial score (nSPS) is 11.8. The van der Waals surface area contributed by atoms with Gasteiger partial charge in [0.15, 0.2) is 0 Å². The average molecular weight is 283 g/mol. The molecule has 1 aromatic rings. The van der Waals surface area contributed by atoms with Crippen molar-refractivity contribution >= 4 is 19.2 Å². The van der Waals surface area contributed by atoms with Gasteiger partial charge in [-0.2, -0.15) is 0 Å². The number of hydrogen-bond donors (Lipinski definition) is 1. The Hall–Kier alpha value is -0.0400. The highest BCUT2D eigenvalue weighted by Crippen LogP contribution is 2.29. The molecule has 0 bridgehead atoms. The Morgan fingerprint density at radius 2 is 1.83 bits per heavy atom. The maximum absolute atomic E-state index is 3.49. The van der Waals surface area contributed by atoms with E-state index >= 15 is 0 Å². The number of rotatable bonds is 8. The SMILES string of the molecule is CCc1cc(CCNC(C)C)cc(CSPC)c1. The van der Waals surface area contributed by atoms with Crippen LogP contribution < -0.4 is 5.32 Å². The molecule has 1 rings (SSSR count). The molecule has 0 aliphatic rings. The molecule has 3 heteroatoms. The second kappa shape index (κ2) is 8.96. The van der Waals surface area contributed by atoms with Crippen LogP contribution in [-0.4, -0.2) is 19.3 Å². The van der Waals surface area contributed by atoms with E-state index < -0.39 is 0 Å². The van der Waals surface area contributed by atoms with Crippen LogP contribution in [-0.2, 0) is 18.6 Å². The summed E-state index contributed by atoms with van der Waals surface area (Å²) >= 11 is 2.03. The van der Waals surface area contributed by atoms with Crippen LogP contribution in [0.3, 0.4) is 0 Å². The first-order chi connectivity index (χ1) is 8.65. The van der Waals surface area contributed by atoms with Crippen LogP contribution in [0.25, 0.3) is 0 Å². The lowest BCUT2D eigenvalue weighted by molar-refractivity contribution is 0.590. The first kappa shape index (κ1) is 16.0. The van der Waals surface area contributed by atoms with Crippen molar-refractivity contribution in [3.63, 3.8) is 0 Å². The van der Waals surface area contributed by atoms with E-state index in [0.717, 1.165) is 32.9 Å². The molecule has 1 unspecified atom stereocenters. The molecular weight excluding hydrogens is 257 g/mol. The molecule has 102 valence electrons. The maximum Gasteiger partial charge on any atom is 0.0223 e. The van der Waals surface area contributed by atoms with Gasteiger partial charge in [0.25, 0.3) is 0 Å². The van der Waals surface area contributed by atoms with Crippen molar-refractivity contribution in [2.45, 2.75) is 45.4 Å². The van der Waals surface area contributed by atoms with Crippen molar-refractivity contribution in [3.8, 4) is 0 Å². The molecule has 0 aliphatic heterocycles. The fourth-order valence-corrected chi connectivity index (χ4v) is 3.34. The lowest BCUT2D eigenvalue weighted by Crippen LogP contribution is -2.25. The topological polar surface area (TPSA) is 12.0 Å². The van der Waals surface area contributed by atoms with Crippen LogP contribution in [0.1, 0.15) is 37.5 Å². The summed E-state index contributed by atoms with van der Waals surface area (Å²) in [7, 11) is 0.979. The van der Waals surface area contributed by atoms with Crippen molar-refractivity contribution in [2.75, 3.05) is 13.2 Å². The molecule has 0 fully saturated rings. The Morgan fingerprint density at radius 1 is 1.17 bits per heavy atom. The smallest absolute Gasteiger partial charge is 0.0223 e. The van der Waals surface area contributed by atoms with E-state index in [4.69, 9.17) is 0 Å². The van der Waals surface area contributed by atoms with Crippen molar-refractivity contribution < 1.29 is 0 Å². The lowest BCUT2D eigenvalue weighted by Gasteiger charge is -2.11. The van der Waals surface area contributed by atoms with Crippen LogP contribution in [0.5, 0.6) is 0 Å². The van der Waals surface area contributed by atoms with E-state index in [0.29, 0.717) is 6.04 Å². The second-order valence-corrected chi connectivity index (χ2v) is 7.94.